The summed E-state index contributed by atoms with van der Waals surface area (Å²) in [5.74, 6) is 2.18. The molecule has 0 unspecified atom stereocenters. The Bertz CT molecular complexity index is 1080. The lowest BCUT2D eigenvalue weighted by molar-refractivity contribution is 0.0560. The van der Waals surface area contributed by atoms with E-state index in [4.69, 9.17) is 18.3 Å². The number of ether oxygens (including phenoxy) is 3. The quantitative estimate of drug-likeness (QED) is 0.300. The number of rotatable bonds is 8. The van der Waals surface area contributed by atoms with Crippen LogP contribution < -0.4 is 9.47 Å². The Morgan fingerprint density at radius 2 is 1.80 bits per heavy atom. The zero-order valence-electron chi connectivity index (χ0n) is 17.2. The molecule has 0 radical (unpaired) electrons. The molecule has 3 rings (SSSR count). The molecule has 0 saturated carbocycles. The van der Waals surface area contributed by atoms with Crippen LogP contribution in [0.4, 0.5) is 0 Å². The zero-order chi connectivity index (χ0) is 21.7. The van der Waals surface area contributed by atoms with Gasteiger partial charge in [-0.2, -0.15) is 0 Å². The summed E-state index contributed by atoms with van der Waals surface area (Å²) < 4.78 is 26.5. The van der Waals surface area contributed by atoms with Gasteiger partial charge in [-0.05, 0) is 55.8 Å². The molecule has 7 heteroatoms. The van der Waals surface area contributed by atoms with Gasteiger partial charge in [-0.3, -0.25) is 4.79 Å². The van der Waals surface area contributed by atoms with Gasteiger partial charge in [0.15, 0.2) is 17.3 Å². The Balaban J connectivity index is 1.68. The maximum absolute atomic E-state index is 12.4. The molecule has 0 amide bonds. The van der Waals surface area contributed by atoms with Crippen LogP contribution in [-0.2, 0) is 11.3 Å². The van der Waals surface area contributed by atoms with E-state index >= 15 is 0 Å². The van der Waals surface area contributed by atoms with Gasteiger partial charge in [-0.25, -0.2) is 4.79 Å². The van der Waals surface area contributed by atoms with Crippen molar-refractivity contribution >= 4 is 17.8 Å². The van der Waals surface area contributed by atoms with Crippen LogP contribution in [0, 0.1) is 13.8 Å². The van der Waals surface area contributed by atoms with Crippen molar-refractivity contribution in [3.8, 4) is 11.5 Å². The molecular formula is C23H22O7. The summed E-state index contributed by atoms with van der Waals surface area (Å²) in [6, 6.07) is 10.2. The molecule has 30 heavy (non-hydrogen) atoms. The highest BCUT2D eigenvalue weighted by molar-refractivity contribution is 6.07. The summed E-state index contributed by atoms with van der Waals surface area (Å²) in [6.45, 7) is 3.67. The highest BCUT2D eigenvalue weighted by Crippen LogP contribution is 2.29. The summed E-state index contributed by atoms with van der Waals surface area (Å²) in [4.78, 5) is 23.8. The number of allylic oxidation sites excluding steroid dienone is 1. The molecule has 2 aromatic heterocycles. The number of ketones is 1. The average molecular weight is 410 g/mol. The normalized spacial score (nSPS) is 10.9. The average Bonchev–Trinajstić information content (AvgIpc) is 3.36. The van der Waals surface area contributed by atoms with Crippen molar-refractivity contribution in [2.75, 3.05) is 14.2 Å². The molecule has 0 aliphatic carbocycles. The summed E-state index contributed by atoms with van der Waals surface area (Å²) in [6.07, 6.45) is 3.19. The number of esters is 1. The van der Waals surface area contributed by atoms with Crippen LogP contribution in [0.1, 0.15) is 43.8 Å². The van der Waals surface area contributed by atoms with Crippen molar-refractivity contribution in [1.29, 1.82) is 0 Å². The number of hydrogen-bond donors (Lipinski definition) is 0. The predicted molar refractivity (Wildman–Crippen MR) is 109 cm³/mol. The lowest BCUT2D eigenvalue weighted by Crippen LogP contribution is -1.99. The van der Waals surface area contributed by atoms with Crippen molar-refractivity contribution in [3.63, 3.8) is 0 Å². The van der Waals surface area contributed by atoms with Crippen LogP contribution in [-0.4, -0.2) is 26.0 Å². The number of aryl methyl sites for hydroxylation is 2. The molecular weight excluding hydrogens is 388 g/mol. The molecule has 0 bridgehead atoms. The molecule has 0 N–H and O–H groups in total. The SMILES string of the molecule is COC(=O)c1ccc(COc2ccc(/C=C/C(=O)c3cc(C)oc3C)cc2OC)o1. The lowest BCUT2D eigenvalue weighted by atomic mass is 10.1. The monoisotopic (exact) mass is 410 g/mol. The number of carbonyl (C=O) groups excluding carboxylic acids is 2. The molecule has 3 aromatic rings. The molecule has 1 aromatic carbocycles. The van der Waals surface area contributed by atoms with Gasteiger partial charge in [0.25, 0.3) is 0 Å². The number of furan rings is 2. The fourth-order valence-corrected chi connectivity index (χ4v) is 2.86. The fourth-order valence-electron chi connectivity index (χ4n) is 2.86. The van der Waals surface area contributed by atoms with E-state index in [1.165, 1.54) is 26.4 Å². The van der Waals surface area contributed by atoms with Gasteiger partial charge in [-0.1, -0.05) is 12.1 Å². The Labute approximate surface area is 173 Å². The van der Waals surface area contributed by atoms with Gasteiger partial charge >= 0.3 is 5.97 Å². The zero-order valence-corrected chi connectivity index (χ0v) is 17.2. The predicted octanol–water partition coefficient (Wildman–Crippen LogP) is 4.76. The number of hydrogen-bond acceptors (Lipinski definition) is 7. The Morgan fingerprint density at radius 3 is 2.47 bits per heavy atom. The largest absolute Gasteiger partial charge is 0.493 e. The topological polar surface area (TPSA) is 88.1 Å². The molecule has 7 nitrogen and oxygen atoms in total. The number of methoxy groups -OCH3 is 2. The molecule has 0 aliphatic rings. The second kappa shape index (κ2) is 9.17. The van der Waals surface area contributed by atoms with Crippen molar-refractivity contribution in [1.82, 2.24) is 0 Å². The molecule has 0 spiro atoms. The van der Waals surface area contributed by atoms with Gasteiger partial charge in [0, 0.05) is 0 Å². The van der Waals surface area contributed by atoms with Crippen molar-refractivity contribution in [3.05, 3.63) is 76.6 Å². The second-order valence-electron chi connectivity index (χ2n) is 6.48. The standard InChI is InChI=1S/C23H22O7/c1-14-11-18(15(2)29-14)19(24)8-5-16-6-9-20(22(12-16)26-3)28-13-17-7-10-21(30-17)23(25)27-4/h5-12H,13H2,1-4H3/b8-5+. The smallest absolute Gasteiger partial charge is 0.373 e. The van der Waals surface area contributed by atoms with E-state index in [2.05, 4.69) is 4.74 Å². The van der Waals surface area contributed by atoms with E-state index in [0.717, 1.165) is 5.56 Å². The van der Waals surface area contributed by atoms with Gasteiger partial charge in [0.2, 0.25) is 5.76 Å². The summed E-state index contributed by atoms with van der Waals surface area (Å²) in [7, 11) is 2.81. The maximum atomic E-state index is 12.4. The van der Waals surface area contributed by atoms with Crippen molar-refractivity contribution < 1.29 is 32.6 Å². The van der Waals surface area contributed by atoms with Crippen LogP contribution in [0.25, 0.3) is 6.08 Å². The van der Waals surface area contributed by atoms with Crippen LogP contribution in [0.2, 0.25) is 0 Å². The molecule has 2 heterocycles. The maximum Gasteiger partial charge on any atom is 0.373 e. The highest BCUT2D eigenvalue weighted by atomic mass is 16.5. The molecule has 0 saturated heterocycles. The minimum atomic E-state index is -0.551. The highest BCUT2D eigenvalue weighted by Gasteiger charge is 2.13. The number of carbonyl (C=O) groups is 2. The van der Waals surface area contributed by atoms with Crippen molar-refractivity contribution in [2.24, 2.45) is 0 Å². The molecule has 0 atom stereocenters. The Kier molecular flexibility index (Phi) is 6.41. The van der Waals surface area contributed by atoms with E-state index in [9.17, 15) is 9.59 Å². The third kappa shape index (κ3) is 4.81. The first-order chi connectivity index (χ1) is 14.4. The van der Waals surface area contributed by atoms with Crippen LogP contribution in [0.3, 0.4) is 0 Å². The summed E-state index contributed by atoms with van der Waals surface area (Å²) >= 11 is 0. The second-order valence-corrected chi connectivity index (χ2v) is 6.48. The summed E-state index contributed by atoms with van der Waals surface area (Å²) in [5.41, 5.74) is 1.32. The van der Waals surface area contributed by atoms with Gasteiger partial charge in [-0.15, -0.1) is 0 Å². The Hall–Kier alpha value is -3.74. The molecule has 0 fully saturated rings. The molecule has 156 valence electrons. The number of benzene rings is 1. The minimum absolute atomic E-state index is 0.108. The van der Waals surface area contributed by atoms with Crippen LogP contribution in [0.5, 0.6) is 11.5 Å². The van der Waals surface area contributed by atoms with E-state index in [1.54, 1.807) is 50.3 Å². The first-order valence-electron chi connectivity index (χ1n) is 9.18. The minimum Gasteiger partial charge on any atom is -0.493 e. The van der Waals surface area contributed by atoms with Crippen LogP contribution >= 0.6 is 0 Å². The van der Waals surface area contributed by atoms with E-state index in [1.807, 2.05) is 0 Å². The van der Waals surface area contributed by atoms with Crippen LogP contribution in [0.15, 0.2) is 51.3 Å². The summed E-state index contributed by atoms with van der Waals surface area (Å²) in [5, 5.41) is 0. The van der Waals surface area contributed by atoms with Gasteiger partial charge in [0.1, 0.15) is 23.9 Å². The molecule has 0 aliphatic heterocycles. The third-order valence-electron chi connectivity index (χ3n) is 4.34. The van der Waals surface area contributed by atoms with Gasteiger partial charge < -0.3 is 23.0 Å². The Morgan fingerprint density at radius 1 is 1.00 bits per heavy atom. The van der Waals surface area contributed by atoms with Gasteiger partial charge in [0.05, 0.1) is 19.8 Å². The van der Waals surface area contributed by atoms with E-state index < -0.39 is 5.97 Å². The fraction of sp³-hybridized carbons (Fsp3) is 0.217. The lowest BCUT2D eigenvalue weighted by Gasteiger charge is -2.10. The van der Waals surface area contributed by atoms with E-state index in [0.29, 0.717) is 34.3 Å². The first-order valence-corrected chi connectivity index (χ1v) is 9.18. The third-order valence-corrected chi connectivity index (χ3v) is 4.34. The van der Waals surface area contributed by atoms with Crippen molar-refractivity contribution in [2.45, 2.75) is 20.5 Å². The first kappa shape index (κ1) is 21.0. The van der Waals surface area contributed by atoms with E-state index in [-0.39, 0.29) is 18.2 Å².